The second-order valence-corrected chi connectivity index (χ2v) is 12.3. The van der Waals surface area contributed by atoms with Gasteiger partial charge in [0.1, 0.15) is 11.2 Å². The first kappa shape index (κ1) is 26.5. The summed E-state index contributed by atoms with van der Waals surface area (Å²) < 4.78 is 6.72. The van der Waals surface area contributed by atoms with Gasteiger partial charge in [-0.1, -0.05) is 121 Å². The van der Waals surface area contributed by atoms with E-state index in [0.29, 0.717) is 0 Å². The molecule has 0 amide bonds. The molecule has 2 heteroatoms. The third kappa shape index (κ3) is 3.97. The highest BCUT2D eigenvalue weighted by Gasteiger charge is 2.42. The van der Waals surface area contributed by atoms with E-state index < -0.39 is 0 Å². The van der Waals surface area contributed by atoms with Crippen molar-refractivity contribution in [1.82, 2.24) is 0 Å². The number of benzene rings is 7. The Labute approximate surface area is 268 Å². The van der Waals surface area contributed by atoms with Gasteiger partial charge in [-0.3, -0.25) is 0 Å². The Morgan fingerprint density at radius 2 is 0.957 bits per heavy atom. The molecule has 1 aliphatic rings. The molecule has 8 aromatic rings. The molecule has 0 atom stereocenters. The molecule has 1 aromatic heterocycles. The molecule has 1 heterocycles. The molecular formula is C44H31NO. The fraction of sp³-hybridized carbons (Fsp3) is 0.0455. The quantitative estimate of drug-likeness (QED) is 0.199. The van der Waals surface area contributed by atoms with E-state index in [9.17, 15) is 0 Å². The number of anilines is 3. The zero-order valence-corrected chi connectivity index (χ0v) is 25.5. The van der Waals surface area contributed by atoms with E-state index in [0.717, 1.165) is 39.0 Å². The molecule has 0 spiro atoms. The van der Waals surface area contributed by atoms with Gasteiger partial charge in [-0.05, 0) is 88.8 Å². The first-order chi connectivity index (χ1) is 22.7. The number of rotatable bonds is 5. The number of para-hydroxylation sites is 3. The summed E-state index contributed by atoms with van der Waals surface area (Å²) in [5.41, 5.74) is 13.7. The number of furan rings is 1. The van der Waals surface area contributed by atoms with Crippen molar-refractivity contribution in [3.8, 4) is 22.3 Å². The maximum absolute atomic E-state index is 6.72. The van der Waals surface area contributed by atoms with Crippen molar-refractivity contribution < 1.29 is 4.42 Å². The molecule has 0 fully saturated rings. The van der Waals surface area contributed by atoms with E-state index in [1.807, 2.05) is 0 Å². The highest BCUT2D eigenvalue weighted by molar-refractivity contribution is 6.08. The van der Waals surface area contributed by atoms with Crippen LogP contribution in [0.15, 0.2) is 174 Å². The Morgan fingerprint density at radius 3 is 1.59 bits per heavy atom. The zero-order valence-electron chi connectivity index (χ0n) is 25.5. The molecule has 46 heavy (non-hydrogen) atoms. The Hall–Kier alpha value is -5.86. The molecule has 0 aliphatic heterocycles. The minimum Gasteiger partial charge on any atom is -0.456 e. The Kier molecular flexibility index (Phi) is 5.97. The van der Waals surface area contributed by atoms with Crippen molar-refractivity contribution in [2.45, 2.75) is 12.3 Å². The van der Waals surface area contributed by atoms with Gasteiger partial charge in [0.25, 0.3) is 0 Å². The summed E-state index contributed by atoms with van der Waals surface area (Å²) in [5.74, 6) is 0. The normalized spacial score (nSPS) is 13.1. The summed E-state index contributed by atoms with van der Waals surface area (Å²) in [6.07, 6.45) is 0. The van der Waals surface area contributed by atoms with Crippen LogP contribution < -0.4 is 4.90 Å². The standard InChI is InChI=1S/C44H31NO/c1-44(39-20-10-8-17-35(39)36-18-9-11-21-40(36)44)41-22-12-19-37-38-29-31(25-28-42(38)46-43(37)41)30-23-26-34(27-24-30)45(32-13-4-2-5-14-32)33-15-6-3-7-16-33/h2-29H,1H3. The largest absolute Gasteiger partial charge is 0.456 e. The molecule has 0 bridgehead atoms. The second-order valence-electron chi connectivity index (χ2n) is 12.3. The second kappa shape index (κ2) is 10.4. The van der Waals surface area contributed by atoms with Crippen LogP contribution in [0.3, 0.4) is 0 Å². The summed E-state index contributed by atoms with van der Waals surface area (Å²) in [5, 5.41) is 2.28. The van der Waals surface area contributed by atoms with Crippen LogP contribution in [0.4, 0.5) is 17.1 Å². The lowest BCUT2D eigenvalue weighted by Crippen LogP contribution is -2.22. The van der Waals surface area contributed by atoms with Crippen LogP contribution in [-0.4, -0.2) is 0 Å². The predicted molar refractivity (Wildman–Crippen MR) is 191 cm³/mol. The number of hydrogen-bond donors (Lipinski definition) is 0. The van der Waals surface area contributed by atoms with E-state index in [1.165, 1.54) is 38.9 Å². The van der Waals surface area contributed by atoms with Gasteiger partial charge in [0.15, 0.2) is 0 Å². The minimum atomic E-state index is -0.317. The van der Waals surface area contributed by atoms with Crippen LogP contribution >= 0.6 is 0 Å². The molecule has 0 radical (unpaired) electrons. The van der Waals surface area contributed by atoms with E-state index >= 15 is 0 Å². The molecule has 9 rings (SSSR count). The van der Waals surface area contributed by atoms with Crippen LogP contribution in [0.2, 0.25) is 0 Å². The Balaban J connectivity index is 1.14. The minimum absolute atomic E-state index is 0.317. The van der Waals surface area contributed by atoms with E-state index in [-0.39, 0.29) is 5.41 Å². The van der Waals surface area contributed by atoms with Crippen LogP contribution in [0.1, 0.15) is 23.6 Å². The summed E-state index contributed by atoms with van der Waals surface area (Å²) in [6.45, 7) is 2.35. The predicted octanol–water partition coefficient (Wildman–Crippen LogP) is 12.1. The first-order valence-electron chi connectivity index (χ1n) is 15.9. The molecule has 7 aromatic carbocycles. The maximum atomic E-state index is 6.72. The lowest BCUT2D eigenvalue weighted by Gasteiger charge is -2.28. The van der Waals surface area contributed by atoms with Crippen molar-refractivity contribution in [2.24, 2.45) is 0 Å². The summed E-state index contributed by atoms with van der Waals surface area (Å²) in [7, 11) is 0. The third-order valence-corrected chi connectivity index (χ3v) is 9.74. The number of fused-ring (bicyclic) bond motifs is 6. The van der Waals surface area contributed by atoms with Crippen LogP contribution in [-0.2, 0) is 5.41 Å². The lowest BCUT2D eigenvalue weighted by atomic mass is 9.74. The van der Waals surface area contributed by atoms with Crippen LogP contribution in [0.25, 0.3) is 44.2 Å². The molecular weight excluding hydrogens is 558 g/mol. The summed E-state index contributed by atoms with van der Waals surface area (Å²) in [4.78, 5) is 2.29. The number of hydrogen-bond acceptors (Lipinski definition) is 2. The van der Waals surface area contributed by atoms with Crippen molar-refractivity contribution in [2.75, 3.05) is 4.90 Å². The van der Waals surface area contributed by atoms with E-state index in [1.54, 1.807) is 0 Å². The smallest absolute Gasteiger partial charge is 0.139 e. The van der Waals surface area contributed by atoms with Gasteiger partial charge in [-0.25, -0.2) is 0 Å². The van der Waals surface area contributed by atoms with Gasteiger partial charge in [-0.2, -0.15) is 0 Å². The Bertz CT molecular complexity index is 2280. The molecule has 1 aliphatic carbocycles. The van der Waals surface area contributed by atoms with Crippen molar-refractivity contribution in [1.29, 1.82) is 0 Å². The topological polar surface area (TPSA) is 16.4 Å². The van der Waals surface area contributed by atoms with Crippen molar-refractivity contribution >= 4 is 39.0 Å². The van der Waals surface area contributed by atoms with Gasteiger partial charge in [-0.15, -0.1) is 0 Å². The van der Waals surface area contributed by atoms with Gasteiger partial charge < -0.3 is 9.32 Å². The fourth-order valence-corrected chi connectivity index (χ4v) is 7.52. The monoisotopic (exact) mass is 589 g/mol. The van der Waals surface area contributed by atoms with Gasteiger partial charge in [0.2, 0.25) is 0 Å². The van der Waals surface area contributed by atoms with Crippen LogP contribution in [0.5, 0.6) is 0 Å². The average Bonchev–Trinajstić information content (AvgIpc) is 3.63. The summed E-state index contributed by atoms with van der Waals surface area (Å²) in [6, 6.07) is 60.7. The van der Waals surface area contributed by atoms with Crippen molar-refractivity contribution in [3.05, 3.63) is 187 Å². The van der Waals surface area contributed by atoms with Gasteiger partial charge >= 0.3 is 0 Å². The fourth-order valence-electron chi connectivity index (χ4n) is 7.52. The SMILES string of the molecule is CC1(c2cccc3c2oc2ccc(-c4ccc(N(c5ccccc5)c5ccccc5)cc4)cc23)c2ccccc2-c2ccccc21. The van der Waals surface area contributed by atoms with Crippen LogP contribution in [0, 0.1) is 0 Å². The van der Waals surface area contributed by atoms with Crippen molar-refractivity contribution in [3.63, 3.8) is 0 Å². The molecule has 218 valence electrons. The van der Waals surface area contributed by atoms with E-state index in [4.69, 9.17) is 4.42 Å². The molecule has 0 saturated heterocycles. The first-order valence-corrected chi connectivity index (χ1v) is 15.9. The zero-order chi connectivity index (χ0) is 30.7. The third-order valence-electron chi connectivity index (χ3n) is 9.74. The van der Waals surface area contributed by atoms with E-state index in [2.05, 4.69) is 182 Å². The molecule has 0 saturated carbocycles. The maximum Gasteiger partial charge on any atom is 0.139 e. The average molecular weight is 590 g/mol. The van der Waals surface area contributed by atoms with Gasteiger partial charge in [0, 0.05) is 38.8 Å². The number of nitrogens with zero attached hydrogens (tertiary/aromatic N) is 1. The van der Waals surface area contributed by atoms with Gasteiger partial charge in [0.05, 0.1) is 0 Å². The molecule has 0 N–H and O–H groups in total. The molecule has 0 unspecified atom stereocenters. The molecule has 2 nitrogen and oxygen atoms in total. The summed E-state index contributed by atoms with van der Waals surface area (Å²) >= 11 is 0. The highest BCUT2D eigenvalue weighted by atomic mass is 16.3. The highest BCUT2D eigenvalue weighted by Crippen LogP contribution is 2.54. The Morgan fingerprint density at radius 1 is 0.435 bits per heavy atom. The lowest BCUT2D eigenvalue weighted by molar-refractivity contribution is 0.638.